The van der Waals surface area contributed by atoms with Crippen LogP contribution < -0.4 is 0 Å². The van der Waals surface area contributed by atoms with Crippen LogP contribution in [0.15, 0.2) is 36.0 Å². The van der Waals surface area contributed by atoms with Crippen LogP contribution in [0.5, 0.6) is 0 Å². The molecule has 0 atom stereocenters. The summed E-state index contributed by atoms with van der Waals surface area (Å²) in [5.74, 6) is 0. The van der Waals surface area contributed by atoms with Gasteiger partial charge in [-0.25, -0.2) is 0 Å². The van der Waals surface area contributed by atoms with E-state index in [0.29, 0.717) is 5.71 Å². The molecule has 1 N–H and O–H groups in total. The minimum Gasteiger partial charge on any atom is -0.411 e. The Morgan fingerprint density at radius 2 is 2.12 bits per heavy atom. The van der Waals surface area contributed by atoms with Gasteiger partial charge in [0.1, 0.15) is 0 Å². The molecule has 0 aliphatic heterocycles. The minimum absolute atomic E-state index is 0.540. The van der Waals surface area contributed by atoms with Crippen LogP contribution in [0.2, 0.25) is 0 Å². The Labute approximate surface area is 93.1 Å². The third-order valence-electron chi connectivity index (χ3n) is 2.34. The van der Waals surface area contributed by atoms with E-state index < -0.39 is 0 Å². The first-order valence-corrected chi connectivity index (χ1v) is 4.84. The quantitative estimate of drug-likeness (QED) is 0.472. The highest BCUT2D eigenvalue weighted by molar-refractivity contribution is 5.98. The average Bonchev–Trinajstić information content (AvgIpc) is 2.75. The van der Waals surface area contributed by atoms with Crippen LogP contribution in [0.4, 0.5) is 0 Å². The first-order chi connectivity index (χ1) is 7.70. The van der Waals surface area contributed by atoms with Crippen LogP contribution in [0.1, 0.15) is 12.5 Å². The lowest BCUT2D eigenvalue weighted by Gasteiger charge is -2.00. The van der Waals surface area contributed by atoms with E-state index in [4.69, 9.17) is 5.21 Å². The Kier molecular flexibility index (Phi) is 2.68. The number of oxime groups is 1. The molecule has 5 heteroatoms. The van der Waals surface area contributed by atoms with Gasteiger partial charge in [0.25, 0.3) is 0 Å². The van der Waals surface area contributed by atoms with Crippen molar-refractivity contribution in [2.24, 2.45) is 12.2 Å². The van der Waals surface area contributed by atoms with Crippen molar-refractivity contribution in [1.29, 1.82) is 0 Å². The molecule has 0 aliphatic carbocycles. The fourth-order valence-corrected chi connectivity index (χ4v) is 1.42. The molecule has 0 saturated heterocycles. The molecule has 0 fully saturated rings. The van der Waals surface area contributed by atoms with Gasteiger partial charge < -0.3 is 5.21 Å². The van der Waals surface area contributed by atoms with Gasteiger partial charge in [0, 0.05) is 42.3 Å². The molecule has 2 aromatic rings. The summed E-state index contributed by atoms with van der Waals surface area (Å²) in [6.07, 6.45) is 7.10. The number of aryl methyl sites for hydroxylation is 1. The van der Waals surface area contributed by atoms with E-state index in [9.17, 15) is 0 Å². The minimum atomic E-state index is 0.540. The SMILES string of the molecule is C/C(=N\O)c1cncc(-c2cnn(C)c2)c1. The van der Waals surface area contributed by atoms with E-state index in [1.165, 1.54) is 0 Å². The molecular weight excluding hydrogens is 204 g/mol. The van der Waals surface area contributed by atoms with Crippen LogP contribution >= 0.6 is 0 Å². The van der Waals surface area contributed by atoms with Crippen molar-refractivity contribution in [3.63, 3.8) is 0 Å². The lowest BCUT2D eigenvalue weighted by Crippen LogP contribution is -1.95. The molecule has 0 unspecified atom stereocenters. The van der Waals surface area contributed by atoms with Crippen LogP contribution in [-0.4, -0.2) is 25.7 Å². The van der Waals surface area contributed by atoms with E-state index in [0.717, 1.165) is 16.7 Å². The van der Waals surface area contributed by atoms with Gasteiger partial charge >= 0.3 is 0 Å². The second-order valence-electron chi connectivity index (χ2n) is 3.55. The maximum absolute atomic E-state index is 8.70. The third-order valence-corrected chi connectivity index (χ3v) is 2.34. The predicted molar refractivity (Wildman–Crippen MR) is 60.4 cm³/mol. The zero-order valence-corrected chi connectivity index (χ0v) is 9.12. The topological polar surface area (TPSA) is 63.3 Å². The maximum Gasteiger partial charge on any atom is 0.0852 e. The summed E-state index contributed by atoms with van der Waals surface area (Å²) in [7, 11) is 1.86. The highest BCUT2D eigenvalue weighted by Crippen LogP contribution is 2.18. The smallest absolute Gasteiger partial charge is 0.0852 e. The molecule has 16 heavy (non-hydrogen) atoms. The second-order valence-corrected chi connectivity index (χ2v) is 3.55. The molecule has 0 aromatic carbocycles. The Bertz CT molecular complexity index is 530. The van der Waals surface area contributed by atoms with Crippen LogP contribution in [0.25, 0.3) is 11.1 Å². The van der Waals surface area contributed by atoms with E-state index in [1.54, 1.807) is 30.2 Å². The average molecular weight is 216 g/mol. The summed E-state index contributed by atoms with van der Waals surface area (Å²) >= 11 is 0. The molecule has 0 amide bonds. The number of nitrogens with zero attached hydrogens (tertiary/aromatic N) is 4. The van der Waals surface area contributed by atoms with Gasteiger partial charge in [0.05, 0.1) is 11.9 Å². The molecule has 0 bridgehead atoms. The molecule has 0 radical (unpaired) electrons. The molecule has 2 aromatic heterocycles. The monoisotopic (exact) mass is 216 g/mol. The van der Waals surface area contributed by atoms with Gasteiger partial charge in [-0.05, 0) is 13.0 Å². The predicted octanol–water partition coefficient (Wildman–Crippen LogP) is 1.68. The largest absolute Gasteiger partial charge is 0.411 e. The van der Waals surface area contributed by atoms with Gasteiger partial charge in [-0.1, -0.05) is 5.16 Å². The summed E-state index contributed by atoms with van der Waals surface area (Å²) in [5, 5.41) is 15.9. The molecule has 0 saturated carbocycles. The van der Waals surface area contributed by atoms with Gasteiger partial charge in [-0.15, -0.1) is 0 Å². The molecule has 5 nitrogen and oxygen atoms in total. The maximum atomic E-state index is 8.70. The van der Waals surface area contributed by atoms with Crippen molar-refractivity contribution in [2.45, 2.75) is 6.92 Å². The molecule has 0 spiro atoms. The summed E-state index contributed by atoms with van der Waals surface area (Å²) in [6.45, 7) is 1.73. The molecule has 0 aliphatic rings. The van der Waals surface area contributed by atoms with Gasteiger partial charge in [-0.3, -0.25) is 9.67 Å². The number of pyridine rings is 1. The molecule has 82 valence electrons. The standard InChI is InChI=1S/C11H12N4O/c1-8(14-16)9-3-10(5-12-4-9)11-6-13-15(2)7-11/h3-7,16H,1-2H3/b14-8+. The molecular formula is C11H12N4O. The van der Waals surface area contributed by atoms with Gasteiger partial charge in [-0.2, -0.15) is 5.10 Å². The highest BCUT2D eigenvalue weighted by atomic mass is 16.4. The Hall–Kier alpha value is -2.17. The normalized spacial score (nSPS) is 11.8. The lowest BCUT2D eigenvalue weighted by atomic mass is 10.1. The van der Waals surface area contributed by atoms with E-state index >= 15 is 0 Å². The third kappa shape index (κ3) is 1.93. The van der Waals surface area contributed by atoms with Crippen molar-refractivity contribution in [2.75, 3.05) is 0 Å². The van der Waals surface area contributed by atoms with Crippen molar-refractivity contribution in [3.8, 4) is 11.1 Å². The molecule has 2 heterocycles. The summed E-state index contributed by atoms with van der Waals surface area (Å²) in [6, 6.07) is 1.92. The Morgan fingerprint density at radius 3 is 2.75 bits per heavy atom. The fourth-order valence-electron chi connectivity index (χ4n) is 1.42. The number of rotatable bonds is 2. The summed E-state index contributed by atoms with van der Waals surface area (Å²) < 4.78 is 1.73. The van der Waals surface area contributed by atoms with Crippen molar-refractivity contribution in [1.82, 2.24) is 14.8 Å². The van der Waals surface area contributed by atoms with Gasteiger partial charge in [0.15, 0.2) is 0 Å². The lowest BCUT2D eigenvalue weighted by molar-refractivity contribution is 0.319. The van der Waals surface area contributed by atoms with Crippen molar-refractivity contribution < 1.29 is 5.21 Å². The van der Waals surface area contributed by atoms with Crippen LogP contribution in [-0.2, 0) is 7.05 Å². The first-order valence-electron chi connectivity index (χ1n) is 4.84. The van der Waals surface area contributed by atoms with Crippen molar-refractivity contribution in [3.05, 3.63) is 36.4 Å². The summed E-state index contributed by atoms with van der Waals surface area (Å²) in [4.78, 5) is 4.11. The summed E-state index contributed by atoms with van der Waals surface area (Å²) in [5.41, 5.74) is 3.28. The number of hydrogen-bond acceptors (Lipinski definition) is 4. The fraction of sp³-hybridized carbons (Fsp3) is 0.182. The van der Waals surface area contributed by atoms with Crippen LogP contribution in [0.3, 0.4) is 0 Å². The van der Waals surface area contributed by atoms with E-state index in [-0.39, 0.29) is 0 Å². The Balaban J connectivity index is 2.43. The van der Waals surface area contributed by atoms with Crippen molar-refractivity contribution >= 4 is 5.71 Å². The second kappa shape index (κ2) is 4.14. The highest BCUT2D eigenvalue weighted by Gasteiger charge is 2.04. The first kappa shape index (κ1) is 10.4. The van der Waals surface area contributed by atoms with E-state index in [1.807, 2.05) is 19.3 Å². The zero-order valence-electron chi connectivity index (χ0n) is 9.12. The number of aromatic nitrogens is 3. The molecule has 2 rings (SSSR count). The number of hydrogen-bond donors (Lipinski definition) is 1. The van der Waals surface area contributed by atoms with E-state index in [2.05, 4.69) is 15.2 Å². The zero-order chi connectivity index (χ0) is 11.5. The van der Waals surface area contributed by atoms with Crippen LogP contribution in [0, 0.1) is 0 Å². The van der Waals surface area contributed by atoms with Gasteiger partial charge in [0.2, 0.25) is 0 Å². The Morgan fingerprint density at radius 1 is 1.31 bits per heavy atom.